The van der Waals surface area contributed by atoms with Crippen LogP contribution in [0.3, 0.4) is 0 Å². The van der Waals surface area contributed by atoms with Gasteiger partial charge in [0.05, 0.1) is 0 Å². The molecule has 0 spiro atoms. The van der Waals surface area contributed by atoms with Gasteiger partial charge in [-0.2, -0.15) is 0 Å². The molecule has 2 heteroatoms. The molecule has 0 radical (unpaired) electrons. The molecule has 1 saturated heterocycles. The molecule has 0 amide bonds. The van der Waals surface area contributed by atoms with E-state index >= 15 is 0 Å². The van der Waals surface area contributed by atoms with Gasteiger partial charge < -0.3 is 4.90 Å². The van der Waals surface area contributed by atoms with E-state index < -0.39 is 0 Å². The van der Waals surface area contributed by atoms with Crippen molar-refractivity contribution in [3.05, 3.63) is 0 Å². The SMILES string of the molecule is CC(=O)C[C@@H]1CCCCN1C. The van der Waals surface area contributed by atoms with Gasteiger partial charge in [0.15, 0.2) is 0 Å². The summed E-state index contributed by atoms with van der Waals surface area (Å²) >= 11 is 0. The summed E-state index contributed by atoms with van der Waals surface area (Å²) in [5.41, 5.74) is 0. The zero-order valence-electron chi connectivity index (χ0n) is 7.47. The zero-order chi connectivity index (χ0) is 8.27. The minimum absolute atomic E-state index is 0.323. The van der Waals surface area contributed by atoms with Crippen LogP contribution in [-0.4, -0.2) is 30.3 Å². The van der Waals surface area contributed by atoms with Crippen LogP contribution in [0.5, 0.6) is 0 Å². The number of piperidine rings is 1. The summed E-state index contributed by atoms with van der Waals surface area (Å²) in [6, 6.07) is 0.529. The van der Waals surface area contributed by atoms with E-state index in [-0.39, 0.29) is 0 Å². The Morgan fingerprint density at radius 2 is 2.27 bits per heavy atom. The quantitative estimate of drug-likeness (QED) is 0.601. The maximum Gasteiger partial charge on any atom is 0.131 e. The van der Waals surface area contributed by atoms with Gasteiger partial charge in [0.1, 0.15) is 5.78 Å². The number of hydrogen-bond acceptors (Lipinski definition) is 2. The topological polar surface area (TPSA) is 20.3 Å². The van der Waals surface area contributed by atoms with Crippen LogP contribution in [-0.2, 0) is 4.79 Å². The standard InChI is InChI=1S/C9H17NO/c1-8(11)7-9-5-3-4-6-10(9)2/h9H,3-7H2,1-2H3/t9-/m0/s1. The average Bonchev–Trinajstić information content (AvgIpc) is 1.93. The molecular weight excluding hydrogens is 138 g/mol. The van der Waals surface area contributed by atoms with E-state index in [9.17, 15) is 4.79 Å². The Balaban J connectivity index is 2.35. The van der Waals surface area contributed by atoms with Crippen LogP contribution in [0, 0.1) is 0 Å². The van der Waals surface area contributed by atoms with Crippen molar-refractivity contribution in [2.24, 2.45) is 0 Å². The molecule has 1 aliphatic heterocycles. The smallest absolute Gasteiger partial charge is 0.131 e. The summed E-state index contributed by atoms with van der Waals surface area (Å²) in [5, 5.41) is 0. The third-order valence-corrected chi connectivity index (χ3v) is 2.44. The predicted octanol–water partition coefficient (Wildman–Crippen LogP) is 1.45. The van der Waals surface area contributed by atoms with Gasteiger partial charge in [-0.15, -0.1) is 0 Å². The zero-order valence-corrected chi connectivity index (χ0v) is 7.47. The first-order chi connectivity index (χ1) is 5.20. The Morgan fingerprint density at radius 1 is 1.55 bits per heavy atom. The molecular formula is C9H17NO. The Morgan fingerprint density at radius 3 is 2.82 bits per heavy atom. The minimum Gasteiger partial charge on any atom is -0.303 e. The molecule has 0 aromatic rings. The predicted molar refractivity (Wildman–Crippen MR) is 45.6 cm³/mol. The van der Waals surface area contributed by atoms with E-state index in [1.165, 1.54) is 19.3 Å². The van der Waals surface area contributed by atoms with Crippen molar-refractivity contribution in [1.82, 2.24) is 4.90 Å². The van der Waals surface area contributed by atoms with Crippen molar-refractivity contribution >= 4 is 5.78 Å². The highest BCUT2D eigenvalue weighted by Gasteiger charge is 2.19. The maximum absolute atomic E-state index is 10.8. The van der Waals surface area contributed by atoms with Gasteiger partial charge in [-0.3, -0.25) is 4.79 Å². The van der Waals surface area contributed by atoms with Gasteiger partial charge in [0.25, 0.3) is 0 Å². The van der Waals surface area contributed by atoms with Gasteiger partial charge in [0, 0.05) is 12.5 Å². The first-order valence-corrected chi connectivity index (χ1v) is 4.40. The lowest BCUT2D eigenvalue weighted by atomic mass is 9.99. The highest BCUT2D eigenvalue weighted by atomic mass is 16.1. The summed E-state index contributed by atoms with van der Waals surface area (Å²) in [5.74, 6) is 0.323. The van der Waals surface area contributed by atoms with Crippen molar-refractivity contribution in [2.75, 3.05) is 13.6 Å². The molecule has 1 fully saturated rings. The number of carbonyl (C=O) groups excluding carboxylic acids is 1. The molecule has 0 aromatic carbocycles. The van der Waals surface area contributed by atoms with Crippen molar-refractivity contribution in [1.29, 1.82) is 0 Å². The van der Waals surface area contributed by atoms with E-state index in [4.69, 9.17) is 0 Å². The van der Waals surface area contributed by atoms with E-state index in [1.54, 1.807) is 6.92 Å². The van der Waals surface area contributed by atoms with Gasteiger partial charge in [-0.05, 0) is 33.4 Å². The van der Waals surface area contributed by atoms with Crippen LogP contribution in [0.15, 0.2) is 0 Å². The number of nitrogens with zero attached hydrogens (tertiary/aromatic N) is 1. The summed E-state index contributed by atoms with van der Waals surface area (Å²) in [6.07, 6.45) is 4.54. The molecule has 0 aliphatic carbocycles. The monoisotopic (exact) mass is 155 g/mol. The van der Waals surface area contributed by atoms with Gasteiger partial charge in [-0.25, -0.2) is 0 Å². The molecule has 1 aliphatic rings. The second-order valence-electron chi connectivity index (χ2n) is 3.54. The third-order valence-electron chi connectivity index (χ3n) is 2.44. The molecule has 1 rings (SSSR count). The average molecular weight is 155 g/mol. The Bertz CT molecular complexity index is 144. The lowest BCUT2D eigenvalue weighted by molar-refractivity contribution is -0.118. The molecule has 0 unspecified atom stereocenters. The summed E-state index contributed by atoms with van der Waals surface area (Å²) in [4.78, 5) is 13.1. The van der Waals surface area contributed by atoms with Crippen LogP contribution < -0.4 is 0 Å². The van der Waals surface area contributed by atoms with Crippen molar-refractivity contribution in [2.45, 2.75) is 38.6 Å². The Hall–Kier alpha value is -0.370. The fraction of sp³-hybridized carbons (Fsp3) is 0.889. The number of likely N-dealkylation sites (tertiary alicyclic amines) is 1. The summed E-state index contributed by atoms with van der Waals surface area (Å²) < 4.78 is 0. The second-order valence-corrected chi connectivity index (χ2v) is 3.54. The minimum atomic E-state index is 0.323. The summed E-state index contributed by atoms with van der Waals surface area (Å²) in [7, 11) is 2.12. The molecule has 11 heavy (non-hydrogen) atoms. The van der Waals surface area contributed by atoms with Crippen LogP contribution >= 0.6 is 0 Å². The van der Waals surface area contributed by atoms with Gasteiger partial charge >= 0.3 is 0 Å². The first-order valence-electron chi connectivity index (χ1n) is 4.40. The van der Waals surface area contributed by atoms with Crippen LogP contribution in [0.4, 0.5) is 0 Å². The Labute approximate surface area is 68.6 Å². The number of carbonyl (C=O) groups is 1. The van der Waals surface area contributed by atoms with E-state index in [2.05, 4.69) is 11.9 Å². The molecule has 1 atom stereocenters. The normalized spacial score (nSPS) is 26.9. The lowest BCUT2D eigenvalue weighted by Crippen LogP contribution is -2.37. The Kier molecular flexibility index (Phi) is 3.06. The summed E-state index contributed by atoms with van der Waals surface area (Å²) in [6.45, 7) is 2.85. The molecule has 0 saturated carbocycles. The fourth-order valence-electron chi connectivity index (χ4n) is 1.73. The highest BCUT2D eigenvalue weighted by molar-refractivity contribution is 5.76. The fourth-order valence-corrected chi connectivity index (χ4v) is 1.73. The van der Waals surface area contributed by atoms with Crippen molar-refractivity contribution < 1.29 is 4.79 Å². The van der Waals surface area contributed by atoms with Crippen molar-refractivity contribution in [3.8, 4) is 0 Å². The van der Waals surface area contributed by atoms with Gasteiger partial charge in [0.2, 0.25) is 0 Å². The molecule has 0 N–H and O–H groups in total. The van der Waals surface area contributed by atoms with E-state index in [0.29, 0.717) is 11.8 Å². The largest absolute Gasteiger partial charge is 0.303 e. The lowest BCUT2D eigenvalue weighted by Gasteiger charge is -2.31. The highest BCUT2D eigenvalue weighted by Crippen LogP contribution is 2.17. The first kappa shape index (κ1) is 8.72. The van der Waals surface area contributed by atoms with Gasteiger partial charge in [-0.1, -0.05) is 6.42 Å². The van der Waals surface area contributed by atoms with E-state index in [1.807, 2.05) is 0 Å². The van der Waals surface area contributed by atoms with E-state index in [0.717, 1.165) is 13.0 Å². The number of rotatable bonds is 2. The molecule has 0 aromatic heterocycles. The molecule has 1 heterocycles. The number of ketones is 1. The molecule has 0 bridgehead atoms. The maximum atomic E-state index is 10.8. The van der Waals surface area contributed by atoms with Crippen molar-refractivity contribution in [3.63, 3.8) is 0 Å². The molecule has 64 valence electrons. The third kappa shape index (κ3) is 2.62. The second kappa shape index (κ2) is 3.86. The van der Waals surface area contributed by atoms with Crippen LogP contribution in [0.25, 0.3) is 0 Å². The number of hydrogen-bond donors (Lipinski definition) is 0. The van der Waals surface area contributed by atoms with Crippen LogP contribution in [0.2, 0.25) is 0 Å². The van der Waals surface area contributed by atoms with Crippen LogP contribution in [0.1, 0.15) is 32.6 Å². The molecule has 2 nitrogen and oxygen atoms in total. The number of Topliss-reactive ketones (excluding diaryl/α,β-unsaturated/α-hetero) is 1.